The number of hydrogen-bond donors (Lipinski definition) is 6. The molecule has 9 N–H and O–H groups in total. The van der Waals surface area contributed by atoms with Gasteiger partial charge in [-0.15, -0.1) is 0 Å². The highest BCUT2D eigenvalue weighted by atomic mass is 35.5. The topological polar surface area (TPSA) is 207 Å². The number of likely N-dealkylation sites (tertiary alicyclic amines) is 1. The van der Waals surface area contributed by atoms with Crippen LogP contribution in [0.4, 0.5) is 11.6 Å². The van der Waals surface area contributed by atoms with Crippen molar-refractivity contribution in [3.63, 3.8) is 0 Å². The molecule has 3 aromatic rings. The van der Waals surface area contributed by atoms with Gasteiger partial charge in [-0.05, 0) is 24.0 Å². The molecule has 4 rings (SSSR count). The van der Waals surface area contributed by atoms with E-state index in [9.17, 15) is 14.4 Å². The molecule has 14 heteroatoms. The van der Waals surface area contributed by atoms with Gasteiger partial charge in [0.1, 0.15) is 0 Å². The van der Waals surface area contributed by atoms with Crippen molar-refractivity contribution < 1.29 is 14.4 Å². The minimum Gasteiger partial charge on any atom is -0.382 e. The Balaban J connectivity index is 1.38. The van der Waals surface area contributed by atoms with Gasteiger partial charge in [-0.25, -0.2) is 15.0 Å². The predicted molar refractivity (Wildman–Crippen MR) is 160 cm³/mol. The maximum Gasteiger partial charge on any atom is 0.280 e. The van der Waals surface area contributed by atoms with E-state index in [1.54, 1.807) is 0 Å². The molecule has 2 aromatic carbocycles. The van der Waals surface area contributed by atoms with Crippen LogP contribution in [-0.2, 0) is 22.7 Å². The summed E-state index contributed by atoms with van der Waals surface area (Å²) >= 11 is 5.85. The Bertz CT molecular complexity index is 1380. The van der Waals surface area contributed by atoms with Crippen LogP contribution in [0.15, 0.2) is 65.7 Å². The first kappa shape index (κ1) is 30.2. The summed E-state index contributed by atoms with van der Waals surface area (Å²) < 4.78 is 0. The second kappa shape index (κ2) is 14.2. The van der Waals surface area contributed by atoms with Gasteiger partial charge in [-0.3, -0.25) is 24.6 Å². The van der Waals surface area contributed by atoms with Crippen LogP contribution in [0, 0.1) is 0 Å². The number of nitrogen functional groups attached to an aromatic ring is 2. The van der Waals surface area contributed by atoms with Crippen molar-refractivity contribution in [3.8, 4) is 0 Å². The number of piperidine rings is 1. The van der Waals surface area contributed by atoms with Gasteiger partial charge in [-0.2, -0.15) is 0 Å². The van der Waals surface area contributed by atoms with Crippen LogP contribution in [0.1, 0.15) is 34.5 Å². The van der Waals surface area contributed by atoms with E-state index in [0.29, 0.717) is 39.0 Å². The highest BCUT2D eigenvalue weighted by Crippen LogP contribution is 2.19. The van der Waals surface area contributed by atoms with E-state index in [1.165, 1.54) is 0 Å². The lowest BCUT2D eigenvalue weighted by Crippen LogP contribution is -2.57. The van der Waals surface area contributed by atoms with Gasteiger partial charge in [0.2, 0.25) is 11.8 Å². The molecule has 0 spiro atoms. The Morgan fingerprint density at radius 2 is 1.40 bits per heavy atom. The van der Waals surface area contributed by atoms with Gasteiger partial charge in [0.05, 0.1) is 6.04 Å². The number of nitrogens with two attached hydrogens (primary N) is 3. The van der Waals surface area contributed by atoms with Crippen LogP contribution in [-0.4, -0.2) is 63.7 Å². The first-order valence-electron chi connectivity index (χ1n) is 13.3. The minimum absolute atomic E-state index is 0.0973. The number of anilines is 2. The zero-order valence-corrected chi connectivity index (χ0v) is 23.6. The largest absolute Gasteiger partial charge is 0.382 e. The molecule has 0 saturated carbocycles. The summed E-state index contributed by atoms with van der Waals surface area (Å²) in [6.07, 6.45) is 1.00. The van der Waals surface area contributed by atoms with Crippen molar-refractivity contribution in [2.45, 2.75) is 38.0 Å². The Kier molecular flexibility index (Phi) is 10.2. The number of guanidine groups is 1. The fourth-order valence-electron chi connectivity index (χ4n) is 4.50. The van der Waals surface area contributed by atoms with Gasteiger partial charge < -0.3 is 27.8 Å². The van der Waals surface area contributed by atoms with E-state index < -0.39 is 11.9 Å². The molecule has 1 saturated heterocycles. The first-order valence-corrected chi connectivity index (χ1v) is 13.7. The van der Waals surface area contributed by atoms with E-state index in [1.807, 2.05) is 65.6 Å². The summed E-state index contributed by atoms with van der Waals surface area (Å²) in [4.78, 5) is 53.0. The lowest BCUT2D eigenvalue weighted by Gasteiger charge is -2.35. The third kappa shape index (κ3) is 8.15. The summed E-state index contributed by atoms with van der Waals surface area (Å²) in [5.74, 6) is -1.94. The minimum atomic E-state index is -1.03. The standard InChI is InChI=1S/C28H33ClN10O3/c29-22-24(31)37-23(30)20(36-22)25(40)38-28(32)35-19-11-13-39(14-12-19)21(26(41)33-15-17-7-3-1-4-8-17)27(42)34-16-18-9-5-2-6-10-18/h1-10,19,21H,11-16H2,(H,33,41)(H,34,42)(H4,30,31,37)(H3,32,35,38,40). The van der Waals surface area contributed by atoms with Crippen molar-refractivity contribution in [1.29, 1.82) is 0 Å². The maximum absolute atomic E-state index is 13.3. The monoisotopic (exact) mass is 592 g/mol. The molecule has 1 aromatic heterocycles. The molecule has 0 bridgehead atoms. The summed E-state index contributed by atoms with van der Waals surface area (Å²) in [5.41, 5.74) is 18.9. The number of nitrogens with zero attached hydrogens (tertiary/aromatic N) is 4. The number of aliphatic imine (C=N–C) groups is 1. The van der Waals surface area contributed by atoms with Gasteiger partial charge in [0.25, 0.3) is 5.91 Å². The Labute approximate surface area is 247 Å². The van der Waals surface area contributed by atoms with E-state index in [2.05, 4.69) is 30.9 Å². The van der Waals surface area contributed by atoms with Gasteiger partial charge in [0, 0.05) is 26.2 Å². The summed E-state index contributed by atoms with van der Waals surface area (Å²) in [6.45, 7) is 1.41. The highest BCUT2D eigenvalue weighted by Gasteiger charge is 2.35. The molecule has 0 radical (unpaired) electrons. The molecular weight excluding hydrogens is 560 g/mol. The summed E-state index contributed by atoms with van der Waals surface area (Å²) in [7, 11) is 0. The quantitative estimate of drug-likeness (QED) is 0.118. The molecule has 0 aliphatic carbocycles. The van der Waals surface area contributed by atoms with Crippen molar-refractivity contribution in [1.82, 2.24) is 30.8 Å². The molecule has 220 valence electrons. The fourth-order valence-corrected chi connectivity index (χ4v) is 4.63. The number of aromatic nitrogens is 2. The number of hydrogen-bond acceptors (Lipinski definition) is 9. The number of carbonyl (C=O) groups excluding carboxylic acids is 3. The van der Waals surface area contributed by atoms with E-state index in [0.717, 1.165) is 11.1 Å². The van der Waals surface area contributed by atoms with Gasteiger partial charge in [0.15, 0.2) is 34.5 Å². The van der Waals surface area contributed by atoms with E-state index in [-0.39, 0.29) is 46.3 Å². The molecule has 0 unspecified atom stereocenters. The number of nitrogens with one attached hydrogen (secondary N) is 3. The van der Waals surface area contributed by atoms with Crippen molar-refractivity contribution in [2.24, 2.45) is 10.7 Å². The number of benzene rings is 2. The number of rotatable bonds is 9. The average Bonchev–Trinajstić information content (AvgIpc) is 2.99. The van der Waals surface area contributed by atoms with Crippen LogP contribution in [0.3, 0.4) is 0 Å². The molecule has 0 atom stereocenters. The van der Waals surface area contributed by atoms with E-state index >= 15 is 0 Å². The lowest BCUT2D eigenvalue weighted by atomic mass is 10.0. The Morgan fingerprint density at radius 1 is 0.881 bits per heavy atom. The summed E-state index contributed by atoms with van der Waals surface area (Å²) in [5, 5.41) is 8.06. The van der Waals surface area contributed by atoms with Gasteiger partial charge in [-0.1, -0.05) is 72.3 Å². The van der Waals surface area contributed by atoms with Crippen LogP contribution in [0.2, 0.25) is 5.15 Å². The SMILES string of the molecule is NC(=NC1CCN(C(C(=O)NCc2ccccc2)C(=O)NCc2ccccc2)CC1)NC(=O)c1nc(Cl)c(N)nc1N. The molecule has 1 aliphatic heterocycles. The van der Waals surface area contributed by atoms with Crippen molar-refractivity contribution >= 4 is 46.9 Å². The normalized spacial score (nSPS) is 14.4. The molecule has 13 nitrogen and oxygen atoms in total. The Morgan fingerprint density at radius 3 is 1.93 bits per heavy atom. The van der Waals surface area contributed by atoms with Crippen molar-refractivity contribution in [3.05, 3.63) is 82.6 Å². The fraction of sp³-hybridized carbons (Fsp3) is 0.286. The van der Waals surface area contributed by atoms with Crippen LogP contribution in [0.5, 0.6) is 0 Å². The molecule has 1 fully saturated rings. The number of halogens is 1. The third-order valence-corrected chi connectivity index (χ3v) is 6.94. The zero-order valence-electron chi connectivity index (χ0n) is 22.8. The third-order valence-electron chi connectivity index (χ3n) is 6.66. The molecule has 2 heterocycles. The second-order valence-electron chi connectivity index (χ2n) is 9.68. The highest BCUT2D eigenvalue weighted by molar-refractivity contribution is 6.31. The summed E-state index contributed by atoms with van der Waals surface area (Å²) in [6, 6.07) is 17.7. The van der Waals surface area contributed by atoms with Crippen LogP contribution in [0.25, 0.3) is 0 Å². The molecule has 42 heavy (non-hydrogen) atoms. The molecular formula is C28H33ClN10O3. The van der Waals surface area contributed by atoms with E-state index in [4.69, 9.17) is 28.8 Å². The van der Waals surface area contributed by atoms with Crippen molar-refractivity contribution in [2.75, 3.05) is 24.6 Å². The molecule has 3 amide bonds. The number of carbonyl (C=O) groups is 3. The molecule has 1 aliphatic rings. The smallest absolute Gasteiger partial charge is 0.280 e. The zero-order chi connectivity index (χ0) is 30.1. The predicted octanol–water partition coefficient (Wildman–Crippen LogP) is 0.805. The van der Waals surface area contributed by atoms with Gasteiger partial charge >= 0.3 is 0 Å². The maximum atomic E-state index is 13.3. The lowest BCUT2D eigenvalue weighted by molar-refractivity contribution is -0.138. The number of amides is 3. The average molecular weight is 593 g/mol. The van der Waals surface area contributed by atoms with Crippen LogP contribution >= 0.6 is 11.6 Å². The Hall–Kier alpha value is -4.75. The first-order chi connectivity index (χ1) is 20.2. The second-order valence-corrected chi connectivity index (χ2v) is 10.0. The van der Waals surface area contributed by atoms with Crippen LogP contribution < -0.4 is 33.2 Å².